The fraction of sp³-hybridized carbons (Fsp3) is 0.316. The quantitative estimate of drug-likeness (QED) is 0.454. The predicted molar refractivity (Wildman–Crippen MR) is 101 cm³/mol. The molecule has 1 aliphatic heterocycles. The van der Waals surface area contributed by atoms with Gasteiger partial charge >= 0.3 is 5.97 Å². The molecule has 2 aromatic rings. The van der Waals surface area contributed by atoms with Crippen LogP contribution in [0.25, 0.3) is 0 Å². The van der Waals surface area contributed by atoms with Gasteiger partial charge in [0.25, 0.3) is 0 Å². The van der Waals surface area contributed by atoms with Crippen molar-refractivity contribution in [1.82, 2.24) is 9.88 Å². The van der Waals surface area contributed by atoms with E-state index < -0.39 is 5.97 Å². The third kappa shape index (κ3) is 4.73. The molecule has 8 nitrogen and oxygen atoms in total. The first-order valence-electron chi connectivity index (χ1n) is 8.64. The van der Waals surface area contributed by atoms with Crippen LogP contribution in [-0.4, -0.2) is 71.7 Å². The fourth-order valence-electron chi connectivity index (χ4n) is 2.86. The Morgan fingerprint density at radius 3 is 2.70 bits per heavy atom. The highest BCUT2D eigenvalue weighted by molar-refractivity contribution is 6.01. The third-order valence-electron chi connectivity index (χ3n) is 4.48. The molecule has 1 saturated heterocycles. The number of oxime groups is 1. The number of aromatic carboxylic acids is 1. The van der Waals surface area contributed by atoms with Gasteiger partial charge in [0.1, 0.15) is 18.1 Å². The van der Waals surface area contributed by atoms with Crippen molar-refractivity contribution in [2.75, 3.05) is 44.7 Å². The van der Waals surface area contributed by atoms with E-state index in [0.29, 0.717) is 5.75 Å². The topological polar surface area (TPSA) is 98.5 Å². The number of pyridine rings is 1. The molecule has 142 valence electrons. The van der Waals surface area contributed by atoms with Gasteiger partial charge in [-0.1, -0.05) is 11.2 Å². The number of carboxylic acid groups (broad SMARTS) is 1. The van der Waals surface area contributed by atoms with Crippen LogP contribution >= 0.6 is 0 Å². The van der Waals surface area contributed by atoms with Gasteiger partial charge in [-0.25, -0.2) is 4.79 Å². The van der Waals surface area contributed by atoms with Gasteiger partial charge < -0.3 is 24.9 Å². The number of ether oxygens (including phenoxy) is 1. The summed E-state index contributed by atoms with van der Waals surface area (Å²) in [6, 6.07) is 10.5. The smallest absolute Gasteiger partial charge is 0.335 e. The number of hydrogen-bond acceptors (Lipinski definition) is 7. The van der Waals surface area contributed by atoms with E-state index in [1.165, 1.54) is 18.3 Å². The summed E-state index contributed by atoms with van der Waals surface area (Å²) in [5, 5.41) is 21.6. The molecule has 0 aliphatic carbocycles. The molecule has 0 radical (unpaired) electrons. The largest absolute Gasteiger partial charge is 0.487 e. The number of carbonyl (C=O) groups is 1. The van der Waals surface area contributed by atoms with Crippen LogP contribution in [0, 0.1) is 0 Å². The molecule has 0 bridgehead atoms. The number of piperazine rings is 1. The summed E-state index contributed by atoms with van der Waals surface area (Å²) in [5.41, 5.74) is 1.56. The molecule has 3 rings (SSSR count). The number of benzene rings is 1. The Bertz CT molecular complexity index is 832. The summed E-state index contributed by atoms with van der Waals surface area (Å²) in [7, 11) is 2.11. The first kappa shape index (κ1) is 18.7. The zero-order valence-electron chi connectivity index (χ0n) is 15.1. The highest BCUT2D eigenvalue weighted by Crippen LogP contribution is 2.22. The van der Waals surface area contributed by atoms with Gasteiger partial charge in [-0.15, -0.1) is 0 Å². The van der Waals surface area contributed by atoms with Crippen LogP contribution in [0.3, 0.4) is 0 Å². The summed E-state index contributed by atoms with van der Waals surface area (Å²) >= 11 is 0. The van der Waals surface area contributed by atoms with E-state index in [-0.39, 0.29) is 23.6 Å². The standard InChI is InChI=1S/C19H22N4O4/c1-22-7-9-23(10-8-22)15-3-2-4-16(12-15)27-13-18(21-26)17-11-14(19(24)25)5-6-20-17/h2-6,11-12,26H,7-10,13H2,1H3,(H,24,25)/b21-18+. The zero-order chi connectivity index (χ0) is 19.2. The minimum Gasteiger partial charge on any atom is -0.487 e. The van der Waals surface area contributed by atoms with E-state index in [9.17, 15) is 10.0 Å². The van der Waals surface area contributed by atoms with Gasteiger partial charge in [0.05, 0.1) is 11.3 Å². The van der Waals surface area contributed by atoms with Crippen LogP contribution in [0.4, 0.5) is 5.69 Å². The average Bonchev–Trinajstić information content (AvgIpc) is 2.69. The van der Waals surface area contributed by atoms with Crippen molar-refractivity contribution in [2.45, 2.75) is 0 Å². The highest BCUT2D eigenvalue weighted by Gasteiger charge is 2.15. The first-order valence-corrected chi connectivity index (χ1v) is 8.64. The van der Waals surface area contributed by atoms with Gasteiger partial charge in [-0.05, 0) is 31.3 Å². The van der Waals surface area contributed by atoms with E-state index in [1.54, 1.807) is 0 Å². The lowest BCUT2D eigenvalue weighted by Gasteiger charge is -2.34. The Hall–Kier alpha value is -3.13. The minimum absolute atomic E-state index is 0.0290. The van der Waals surface area contributed by atoms with Crippen LogP contribution < -0.4 is 9.64 Å². The van der Waals surface area contributed by atoms with Crippen LogP contribution in [0.15, 0.2) is 47.8 Å². The van der Waals surface area contributed by atoms with Crippen LogP contribution in [0.1, 0.15) is 16.1 Å². The van der Waals surface area contributed by atoms with Crippen molar-refractivity contribution in [2.24, 2.45) is 5.16 Å². The Balaban J connectivity index is 1.67. The molecular formula is C19H22N4O4. The molecule has 2 N–H and O–H groups in total. The first-order chi connectivity index (χ1) is 13.1. The Morgan fingerprint density at radius 1 is 1.22 bits per heavy atom. The monoisotopic (exact) mass is 370 g/mol. The molecule has 1 fully saturated rings. The van der Waals surface area contributed by atoms with Crippen molar-refractivity contribution in [3.8, 4) is 5.75 Å². The summed E-state index contributed by atoms with van der Waals surface area (Å²) in [5.74, 6) is -0.432. The Morgan fingerprint density at radius 2 is 2.00 bits per heavy atom. The number of aromatic nitrogens is 1. The summed E-state index contributed by atoms with van der Waals surface area (Å²) in [6.45, 7) is 3.90. The zero-order valence-corrected chi connectivity index (χ0v) is 15.1. The fourth-order valence-corrected chi connectivity index (χ4v) is 2.86. The average molecular weight is 370 g/mol. The molecule has 0 saturated carbocycles. The molecular weight excluding hydrogens is 348 g/mol. The predicted octanol–water partition coefficient (Wildman–Crippen LogP) is 1.79. The van der Waals surface area contributed by atoms with Crippen molar-refractivity contribution in [1.29, 1.82) is 0 Å². The maximum absolute atomic E-state index is 11.1. The molecule has 0 atom stereocenters. The van der Waals surface area contributed by atoms with Gasteiger partial charge in [0.15, 0.2) is 0 Å². The molecule has 1 aromatic heterocycles. The maximum Gasteiger partial charge on any atom is 0.335 e. The number of hydrogen-bond donors (Lipinski definition) is 2. The van der Waals surface area contributed by atoms with Crippen molar-refractivity contribution in [3.05, 3.63) is 53.9 Å². The third-order valence-corrected chi connectivity index (χ3v) is 4.48. The van der Waals surface area contributed by atoms with E-state index in [0.717, 1.165) is 31.9 Å². The second kappa shape index (κ2) is 8.50. The lowest BCUT2D eigenvalue weighted by molar-refractivity contribution is 0.0696. The van der Waals surface area contributed by atoms with E-state index >= 15 is 0 Å². The van der Waals surface area contributed by atoms with Crippen LogP contribution in [0.2, 0.25) is 0 Å². The molecule has 1 aromatic carbocycles. The van der Waals surface area contributed by atoms with E-state index in [1.807, 2.05) is 24.3 Å². The minimum atomic E-state index is -1.07. The van der Waals surface area contributed by atoms with Gasteiger partial charge in [0.2, 0.25) is 0 Å². The van der Waals surface area contributed by atoms with Crippen molar-refractivity contribution >= 4 is 17.4 Å². The lowest BCUT2D eigenvalue weighted by atomic mass is 10.2. The van der Waals surface area contributed by atoms with E-state index in [4.69, 9.17) is 9.84 Å². The van der Waals surface area contributed by atoms with Gasteiger partial charge in [-0.3, -0.25) is 4.98 Å². The summed E-state index contributed by atoms with van der Waals surface area (Å²) in [4.78, 5) is 19.7. The van der Waals surface area contributed by atoms with Gasteiger partial charge in [0, 0.05) is 44.1 Å². The number of carboxylic acids is 1. The van der Waals surface area contributed by atoms with Gasteiger partial charge in [-0.2, -0.15) is 0 Å². The molecule has 0 amide bonds. The molecule has 27 heavy (non-hydrogen) atoms. The number of likely N-dealkylation sites (N-methyl/N-ethyl adjacent to an activating group) is 1. The van der Waals surface area contributed by atoms with Crippen molar-refractivity contribution < 1.29 is 19.8 Å². The number of rotatable bonds is 6. The molecule has 0 spiro atoms. The Kier molecular flexibility index (Phi) is 5.87. The van der Waals surface area contributed by atoms with Crippen molar-refractivity contribution in [3.63, 3.8) is 0 Å². The number of anilines is 1. The van der Waals surface area contributed by atoms with Crippen LogP contribution in [0.5, 0.6) is 5.75 Å². The lowest BCUT2D eigenvalue weighted by Crippen LogP contribution is -2.44. The summed E-state index contributed by atoms with van der Waals surface area (Å²) < 4.78 is 5.75. The highest BCUT2D eigenvalue weighted by atomic mass is 16.5. The molecule has 1 aliphatic rings. The normalized spacial score (nSPS) is 15.6. The Labute approximate surface area is 157 Å². The van der Waals surface area contributed by atoms with Crippen LogP contribution in [-0.2, 0) is 0 Å². The maximum atomic E-state index is 11.1. The molecule has 0 unspecified atom stereocenters. The molecule has 2 heterocycles. The second-order valence-corrected chi connectivity index (χ2v) is 6.36. The second-order valence-electron chi connectivity index (χ2n) is 6.36. The van der Waals surface area contributed by atoms with E-state index in [2.05, 4.69) is 27.0 Å². The summed E-state index contributed by atoms with van der Waals surface area (Å²) in [6.07, 6.45) is 1.36. The number of nitrogens with zero attached hydrogens (tertiary/aromatic N) is 4. The SMILES string of the molecule is CN1CCN(c2cccc(OC/C(=N\O)c3cc(C(=O)O)ccn3)c2)CC1. The molecule has 8 heteroatoms.